The summed E-state index contributed by atoms with van der Waals surface area (Å²) < 4.78 is 14.9. The standard InChI is InChI=1S/C20H20FN5OS/c1-3-12-26-19(16-8-10-22-11-9-16)24-25-20(26)28-13-18(27)23-14(2)15-4-6-17(21)7-5-15/h3-11,14H,1,12-13H2,2H3,(H,23,27)/t14-/m0/s1. The van der Waals surface area contributed by atoms with E-state index >= 15 is 0 Å². The molecular weight excluding hydrogens is 377 g/mol. The summed E-state index contributed by atoms with van der Waals surface area (Å²) in [6.45, 7) is 6.17. The molecule has 0 radical (unpaired) electrons. The number of thioether (sulfide) groups is 1. The predicted octanol–water partition coefficient (Wildman–Crippen LogP) is 3.63. The molecule has 1 atom stereocenters. The number of rotatable bonds is 8. The van der Waals surface area contributed by atoms with Gasteiger partial charge >= 0.3 is 0 Å². The Morgan fingerprint density at radius 3 is 2.64 bits per heavy atom. The van der Waals surface area contributed by atoms with Crippen LogP contribution in [0.4, 0.5) is 4.39 Å². The molecule has 0 spiro atoms. The number of pyridine rings is 1. The SMILES string of the molecule is C=CCn1c(SCC(=O)N[C@@H](C)c2ccc(F)cc2)nnc1-c1ccncc1. The summed E-state index contributed by atoms with van der Waals surface area (Å²) in [7, 11) is 0. The van der Waals surface area contributed by atoms with E-state index in [0.717, 1.165) is 11.1 Å². The van der Waals surface area contributed by atoms with Gasteiger partial charge in [-0.25, -0.2) is 4.39 Å². The second-order valence-electron chi connectivity index (χ2n) is 6.07. The molecule has 8 heteroatoms. The molecule has 0 unspecified atom stereocenters. The summed E-state index contributed by atoms with van der Waals surface area (Å²) >= 11 is 1.30. The second-order valence-corrected chi connectivity index (χ2v) is 7.01. The molecule has 2 heterocycles. The van der Waals surface area contributed by atoms with E-state index < -0.39 is 0 Å². The molecule has 0 saturated heterocycles. The quantitative estimate of drug-likeness (QED) is 0.464. The molecule has 2 aromatic heterocycles. The molecule has 0 aliphatic heterocycles. The number of carbonyl (C=O) groups is 1. The smallest absolute Gasteiger partial charge is 0.230 e. The van der Waals surface area contributed by atoms with Crippen LogP contribution in [0.2, 0.25) is 0 Å². The Labute approximate surface area is 166 Å². The number of halogens is 1. The summed E-state index contributed by atoms with van der Waals surface area (Å²) in [4.78, 5) is 16.3. The molecule has 6 nitrogen and oxygen atoms in total. The van der Waals surface area contributed by atoms with E-state index in [1.165, 1.54) is 23.9 Å². The molecular formula is C20H20FN5OS. The number of amides is 1. The van der Waals surface area contributed by atoms with Crippen molar-refractivity contribution in [2.24, 2.45) is 0 Å². The van der Waals surface area contributed by atoms with Crippen LogP contribution in [-0.4, -0.2) is 31.4 Å². The number of hydrogen-bond acceptors (Lipinski definition) is 5. The van der Waals surface area contributed by atoms with Crippen LogP contribution in [-0.2, 0) is 11.3 Å². The molecule has 0 aliphatic rings. The average Bonchev–Trinajstić information content (AvgIpc) is 3.10. The minimum atomic E-state index is -0.301. The van der Waals surface area contributed by atoms with E-state index in [9.17, 15) is 9.18 Å². The average molecular weight is 397 g/mol. The van der Waals surface area contributed by atoms with Crippen molar-refractivity contribution >= 4 is 17.7 Å². The first kappa shape index (κ1) is 19.8. The second kappa shape index (κ2) is 9.27. The lowest BCUT2D eigenvalue weighted by Crippen LogP contribution is -2.28. The molecule has 1 N–H and O–H groups in total. The van der Waals surface area contributed by atoms with E-state index in [1.807, 2.05) is 23.6 Å². The zero-order chi connectivity index (χ0) is 19.9. The van der Waals surface area contributed by atoms with Gasteiger partial charge in [-0.3, -0.25) is 14.3 Å². The largest absolute Gasteiger partial charge is 0.349 e. The topological polar surface area (TPSA) is 72.7 Å². The summed E-state index contributed by atoms with van der Waals surface area (Å²) in [6.07, 6.45) is 5.15. The van der Waals surface area contributed by atoms with Crippen molar-refractivity contribution in [2.45, 2.75) is 24.7 Å². The predicted molar refractivity (Wildman–Crippen MR) is 107 cm³/mol. The van der Waals surface area contributed by atoms with Crippen molar-refractivity contribution < 1.29 is 9.18 Å². The molecule has 0 saturated carbocycles. The van der Waals surface area contributed by atoms with Crippen LogP contribution in [0.25, 0.3) is 11.4 Å². The molecule has 0 fully saturated rings. The third-order valence-electron chi connectivity index (χ3n) is 4.05. The fourth-order valence-corrected chi connectivity index (χ4v) is 3.41. The van der Waals surface area contributed by atoms with Gasteiger partial charge in [-0.05, 0) is 36.8 Å². The first-order valence-corrected chi connectivity index (χ1v) is 9.69. The summed E-state index contributed by atoms with van der Waals surface area (Å²) in [6, 6.07) is 9.58. The maximum atomic E-state index is 13.0. The number of carbonyl (C=O) groups excluding carboxylic acids is 1. The fraction of sp³-hybridized carbons (Fsp3) is 0.200. The summed E-state index contributed by atoms with van der Waals surface area (Å²) in [5.74, 6) is 0.451. The van der Waals surface area contributed by atoms with Crippen molar-refractivity contribution in [1.29, 1.82) is 0 Å². The highest BCUT2D eigenvalue weighted by Crippen LogP contribution is 2.24. The Kier molecular flexibility index (Phi) is 6.54. The van der Waals surface area contributed by atoms with Crippen molar-refractivity contribution in [3.05, 3.63) is 72.8 Å². The Morgan fingerprint density at radius 2 is 1.96 bits per heavy atom. The van der Waals surface area contributed by atoms with Crippen LogP contribution < -0.4 is 5.32 Å². The van der Waals surface area contributed by atoms with Gasteiger partial charge in [0.25, 0.3) is 0 Å². The highest BCUT2D eigenvalue weighted by atomic mass is 32.2. The van der Waals surface area contributed by atoms with E-state index in [-0.39, 0.29) is 23.5 Å². The van der Waals surface area contributed by atoms with Gasteiger partial charge in [0.05, 0.1) is 11.8 Å². The Balaban J connectivity index is 1.65. The molecule has 28 heavy (non-hydrogen) atoms. The van der Waals surface area contributed by atoms with Gasteiger partial charge in [0.1, 0.15) is 5.82 Å². The molecule has 144 valence electrons. The lowest BCUT2D eigenvalue weighted by Gasteiger charge is -2.14. The first-order valence-electron chi connectivity index (χ1n) is 8.70. The van der Waals surface area contributed by atoms with Gasteiger partial charge < -0.3 is 5.32 Å². The molecule has 3 aromatic rings. The van der Waals surface area contributed by atoms with E-state index in [0.29, 0.717) is 17.5 Å². The number of benzene rings is 1. The first-order chi connectivity index (χ1) is 13.6. The highest BCUT2D eigenvalue weighted by molar-refractivity contribution is 7.99. The van der Waals surface area contributed by atoms with Crippen molar-refractivity contribution in [3.8, 4) is 11.4 Å². The maximum absolute atomic E-state index is 13.0. The van der Waals surface area contributed by atoms with Crippen molar-refractivity contribution in [2.75, 3.05) is 5.75 Å². The Bertz CT molecular complexity index is 943. The van der Waals surface area contributed by atoms with Crippen LogP contribution in [0, 0.1) is 5.82 Å². The molecule has 1 amide bonds. The monoisotopic (exact) mass is 397 g/mol. The van der Waals surface area contributed by atoms with E-state index in [4.69, 9.17) is 0 Å². The minimum absolute atomic E-state index is 0.138. The van der Waals surface area contributed by atoms with Crippen LogP contribution in [0.1, 0.15) is 18.5 Å². The van der Waals surface area contributed by atoms with Crippen molar-refractivity contribution in [1.82, 2.24) is 25.1 Å². The van der Waals surface area contributed by atoms with Crippen LogP contribution in [0.5, 0.6) is 0 Å². The number of hydrogen-bond donors (Lipinski definition) is 1. The zero-order valence-corrected chi connectivity index (χ0v) is 16.2. The zero-order valence-electron chi connectivity index (χ0n) is 15.4. The number of allylic oxidation sites excluding steroid dienone is 1. The minimum Gasteiger partial charge on any atom is -0.349 e. The van der Waals surface area contributed by atoms with Gasteiger partial charge in [0.15, 0.2) is 11.0 Å². The van der Waals surface area contributed by atoms with Gasteiger partial charge in [-0.2, -0.15) is 0 Å². The lowest BCUT2D eigenvalue weighted by molar-refractivity contribution is -0.119. The number of nitrogens with zero attached hydrogens (tertiary/aromatic N) is 4. The van der Waals surface area contributed by atoms with Crippen LogP contribution in [0.3, 0.4) is 0 Å². The van der Waals surface area contributed by atoms with Gasteiger partial charge in [0.2, 0.25) is 5.91 Å². The normalized spacial score (nSPS) is 11.8. The van der Waals surface area contributed by atoms with Crippen LogP contribution in [0.15, 0.2) is 66.6 Å². The Morgan fingerprint density at radius 1 is 1.25 bits per heavy atom. The van der Waals surface area contributed by atoms with Gasteiger partial charge in [-0.1, -0.05) is 30.0 Å². The van der Waals surface area contributed by atoms with Crippen molar-refractivity contribution in [3.63, 3.8) is 0 Å². The maximum Gasteiger partial charge on any atom is 0.230 e. The lowest BCUT2D eigenvalue weighted by atomic mass is 10.1. The Hall–Kier alpha value is -3.00. The molecule has 1 aromatic carbocycles. The number of aromatic nitrogens is 4. The fourth-order valence-electron chi connectivity index (χ4n) is 2.65. The molecule has 0 bridgehead atoms. The highest BCUT2D eigenvalue weighted by Gasteiger charge is 2.16. The summed E-state index contributed by atoms with van der Waals surface area (Å²) in [5, 5.41) is 12.0. The number of nitrogens with one attached hydrogen (secondary N) is 1. The van der Waals surface area contributed by atoms with E-state index in [1.54, 1.807) is 30.6 Å². The third-order valence-corrected chi connectivity index (χ3v) is 5.01. The summed E-state index contributed by atoms with van der Waals surface area (Å²) in [5.41, 5.74) is 1.74. The van der Waals surface area contributed by atoms with Crippen LogP contribution >= 0.6 is 11.8 Å². The third kappa shape index (κ3) is 4.83. The molecule has 0 aliphatic carbocycles. The van der Waals surface area contributed by atoms with Gasteiger partial charge in [-0.15, -0.1) is 16.8 Å². The van der Waals surface area contributed by atoms with E-state index in [2.05, 4.69) is 27.1 Å². The molecule has 3 rings (SSSR count). The van der Waals surface area contributed by atoms with Gasteiger partial charge in [0, 0.05) is 24.5 Å².